The Hall–Kier alpha value is -2.68. The van der Waals surface area contributed by atoms with Gasteiger partial charge in [0, 0.05) is 17.8 Å². The number of benzene rings is 2. The minimum absolute atomic E-state index is 0.00421. The van der Waals surface area contributed by atoms with E-state index in [0.29, 0.717) is 21.9 Å². The highest BCUT2D eigenvalue weighted by Crippen LogP contribution is 2.25. The van der Waals surface area contributed by atoms with E-state index in [9.17, 15) is 4.79 Å². The van der Waals surface area contributed by atoms with Crippen LogP contribution < -0.4 is 5.43 Å². The second kappa shape index (κ2) is 3.65. The smallest absolute Gasteiger partial charge is 0.201 e. The molecule has 4 rings (SSSR count). The predicted molar refractivity (Wildman–Crippen MR) is 75.3 cm³/mol. The summed E-state index contributed by atoms with van der Waals surface area (Å²) >= 11 is 0. The second-order valence-corrected chi connectivity index (χ2v) is 4.46. The molecule has 4 aromatic rings. The van der Waals surface area contributed by atoms with Crippen LogP contribution in [0.5, 0.6) is 0 Å². The Balaban J connectivity index is 2.37. The highest BCUT2D eigenvalue weighted by Gasteiger charge is 2.10. The van der Waals surface area contributed by atoms with E-state index in [1.807, 2.05) is 36.4 Å². The molecule has 0 radical (unpaired) electrons. The molecule has 0 aliphatic rings. The number of hydrogen-bond donors (Lipinski definition) is 0. The summed E-state index contributed by atoms with van der Waals surface area (Å²) in [7, 11) is 0. The van der Waals surface area contributed by atoms with Crippen LogP contribution in [0.4, 0.5) is 0 Å². The molecular formula is C16H9NO2. The van der Waals surface area contributed by atoms with Crippen molar-refractivity contribution in [1.82, 2.24) is 4.98 Å². The Bertz CT molecular complexity index is 986. The molecule has 0 atom stereocenters. The summed E-state index contributed by atoms with van der Waals surface area (Å²) in [5.74, 6) is 0. The summed E-state index contributed by atoms with van der Waals surface area (Å²) in [4.78, 5) is 16.7. The fourth-order valence-corrected chi connectivity index (χ4v) is 2.46. The standard InChI is InChI=1S/C16H9NO2/c18-16-11-3-1-2-4-13(11)19-14-6-5-10-7-8-17-9-12(10)15(14)16/h1-9H. The zero-order chi connectivity index (χ0) is 12.8. The second-order valence-electron chi connectivity index (χ2n) is 4.46. The van der Waals surface area contributed by atoms with Gasteiger partial charge < -0.3 is 4.42 Å². The normalized spacial score (nSPS) is 11.4. The molecule has 90 valence electrons. The number of para-hydroxylation sites is 1. The van der Waals surface area contributed by atoms with Crippen molar-refractivity contribution in [2.75, 3.05) is 0 Å². The molecule has 19 heavy (non-hydrogen) atoms. The summed E-state index contributed by atoms with van der Waals surface area (Å²) < 4.78 is 5.81. The van der Waals surface area contributed by atoms with Gasteiger partial charge >= 0.3 is 0 Å². The first-order chi connectivity index (χ1) is 9.34. The van der Waals surface area contributed by atoms with Crippen molar-refractivity contribution in [3.63, 3.8) is 0 Å². The molecule has 0 aliphatic carbocycles. The van der Waals surface area contributed by atoms with Crippen molar-refractivity contribution >= 4 is 32.7 Å². The molecule has 0 unspecified atom stereocenters. The molecule has 2 heterocycles. The molecule has 0 aliphatic heterocycles. The van der Waals surface area contributed by atoms with Crippen LogP contribution in [0, 0.1) is 0 Å². The molecule has 3 heteroatoms. The largest absolute Gasteiger partial charge is 0.456 e. The summed E-state index contributed by atoms with van der Waals surface area (Å²) in [5, 5.41) is 3.03. The van der Waals surface area contributed by atoms with Crippen molar-refractivity contribution in [3.8, 4) is 0 Å². The maximum atomic E-state index is 12.6. The first kappa shape index (κ1) is 10.3. The minimum atomic E-state index is -0.00421. The average molecular weight is 247 g/mol. The molecule has 2 aromatic heterocycles. The lowest BCUT2D eigenvalue weighted by Gasteiger charge is -2.04. The first-order valence-corrected chi connectivity index (χ1v) is 6.03. The Morgan fingerprint density at radius 1 is 0.895 bits per heavy atom. The Labute approximate surface area is 108 Å². The Morgan fingerprint density at radius 2 is 1.79 bits per heavy atom. The van der Waals surface area contributed by atoms with E-state index in [2.05, 4.69) is 4.98 Å². The summed E-state index contributed by atoms with van der Waals surface area (Å²) in [6, 6.07) is 13.0. The van der Waals surface area contributed by atoms with Crippen LogP contribution in [0.25, 0.3) is 32.7 Å². The van der Waals surface area contributed by atoms with Crippen LogP contribution in [-0.4, -0.2) is 4.98 Å². The third-order valence-corrected chi connectivity index (χ3v) is 3.36. The fourth-order valence-electron chi connectivity index (χ4n) is 2.46. The highest BCUT2D eigenvalue weighted by atomic mass is 16.3. The van der Waals surface area contributed by atoms with Gasteiger partial charge in [-0.05, 0) is 29.7 Å². The lowest BCUT2D eigenvalue weighted by molar-refractivity contribution is 0.660. The van der Waals surface area contributed by atoms with Crippen LogP contribution in [0.2, 0.25) is 0 Å². The SMILES string of the molecule is O=c1c2ccccc2oc2ccc3ccncc3c12. The molecule has 0 fully saturated rings. The molecular weight excluding hydrogens is 238 g/mol. The zero-order valence-corrected chi connectivity index (χ0v) is 9.96. The molecule has 0 amide bonds. The number of rotatable bonds is 0. The molecule has 0 saturated carbocycles. The van der Waals surface area contributed by atoms with Gasteiger partial charge in [-0.25, -0.2) is 0 Å². The van der Waals surface area contributed by atoms with Crippen molar-refractivity contribution < 1.29 is 4.42 Å². The predicted octanol–water partition coefficient (Wildman–Crippen LogP) is 3.49. The lowest BCUT2D eigenvalue weighted by Crippen LogP contribution is -2.02. The van der Waals surface area contributed by atoms with Gasteiger partial charge in [0.15, 0.2) is 0 Å². The fraction of sp³-hybridized carbons (Fsp3) is 0. The third-order valence-electron chi connectivity index (χ3n) is 3.36. The van der Waals surface area contributed by atoms with Gasteiger partial charge in [-0.2, -0.15) is 0 Å². The molecule has 0 N–H and O–H groups in total. The van der Waals surface area contributed by atoms with Crippen molar-refractivity contribution in [1.29, 1.82) is 0 Å². The number of pyridine rings is 1. The topological polar surface area (TPSA) is 43.1 Å². The van der Waals surface area contributed by atoms with Gasteiger partial charge in [0.1, 0.15) is 11.2 Å². The van der Waals surface area contributed by atoms with Gasteiger partial charge in [-0.1, -0.05) is 18.2 Å². The first-order valence-electron chi connectivity index (χ1n) is 6.03. The van der Waals surface area contributed by atoms with E-state index in [4.69, 9.17) is 4.42 Å². The van der Waals surface area contributed by atoms with Crippen LogP contribution >= 0.6 is 0 Å². The average Bonchev–Trinajstić information content (AvgIpc) is 2.47. The van der Waals surface area contributed by atoms with Crippen molar-refractivity contribution in [2.24, 2.45) is 0 Å². The maximum Gasteiger partial charge on any atom is 0.201 e. The summed E-state index contributed by atoms with van der Waals surface area (Å²) in [6.45, 7) is 0. The van der Waals surface area contributed by atoms with Crippen molar-refractivity contribution in [3.05, 3.63) is 65.1 Å². The van der Waals surface area contributed by atoms with E-state index in [1.165, 1.54) is 0 Å². The molecule has 0 spiro atoms. The quantitative estimate of drug-likeness (QED) is 0.353. The number of aromatic nitrogens is 1. The third kappa shape index (κ3) is 1.38. The van der Waals surface area contributed by atoms with Crippen LogP contribution in [0.3, 0.4) is 0 Å². The summed E-state index contributed by atoms with van der Waals surface area (Å²) in [5.41, 5.74) is 1.21. The monoisotopic (exact) mass is 247 g/mol. The van der Waals surface area contributed by atoms with Gasteiger partial charge in [-0.15, -0.1) is 0 Å². The number of hydrogen-bond acceptors (Lipinski definition) is 3. The van der Waals surface area contributed by atoms with E-state index in [1.54, 1.807) is 18.5 Å². The van der Waals surface area contributed by atoms with E-state index in [0.717, 1.165) is 10.8 Å². The molecule has 0 saturated heterocycles. The van der Waals surface area contributed by atoms with Crippen LogP contribution in [0.1, 0.15) is 0 Å². The van der Waals surface area contributed by atoms with Gasteiger partial charge in [0.25, 0.3) is 0 Å². The number of fused-ring (bicyclic) bond motifs is 4. The van der Waals surface area contributed by atoms with E-state index < -0.39 is 0 Å². The zero-order valence-electron chi connectivity index (χ0n) is 9.96. The van der Waals surface area contributed by atoms with Gasteiger partial charge in [-0.3, -0.25) is 9.78 Å². The van der Waals surface area contributed by atoms with Crippen LogP contribution in [0.15, 0.2) is 64.1 Å². The van der Waals surface area contributed by atoms with Crippen molar-refractivity contribution in [2.45, 2.75) is 0 Å². The lowest BCUT2D eigenvalue weighted by atomic mass is 10.1. The Morgan fingerprint density at radius 3 is 2.74 bits per heavy atom. The van der Waals surface area contributed by atoms with Gasteiger partial charge in [0.05, 0.1) is 10.8 Å². The van der Waals surface area contributed by atoms with E-state index in [-0.39, 0.29) is 5.43 Å². The maximum absolute atomic E-state index is 12.6. The minimum Gasteiger partial charge on any atom is -0.456 e. The van der Waals surface area contributed by atoms with Gasteiger partial charge in [0.2, 0.25) is 5.43 Å². The number of nitrogens with zero attached hydrogens (tertiary/aromatic N) is 1. The molecule has 3 nitrogen and oxygen atoms in total. The summed E-state index contributed by atoms with van der Waals surface area (Å²) in [6.07, 6.45) is 3.43. The highest BCUT2D eigenvalue weighted by molar-refractivity contribution is 6.07. The molecule has 0 bridgehead atoms. The van der Waals surface area contributed by atoms with Crippen LogP contribution in [-0.2, 0) is 0 Å². The van der Waals surface area contributed by atoms with E-state index >= 15 is 0 Å². The molecule has 2 aromatic carbocycles. The Kier molecular flexibility index (Phi) is 1.97.